The number of sulfonamides is 1. The molecular formula is C16H19N3O4S. The van der Waals surface area contributed by atoms with E-state index in [0.29, 0.717) is 16.9 Å². The maximum atomic E-state index is 12.4. The Balaban J connectivity index is 1.71. The highest BCUT2D eigenvalue weighted by Crippen LogP contribution is 2.28. The van der Waals surface area contributed by atoms with Gasteiger partial charge in [0.1, 0.15) is 0 Å². The highest BCUT2D eigenvalue weighted by molar-refractivity contribution is 7.92. The molecule has 1 saturated carbocycles. The molecule has 0 atom stereocenters. The number of amides is 1. The Bertz CT molecular complexity index is 852. The van der Waals surface area contributed by atoms with E-state index in [4.69, 9.17) is 4.52 Å². The molecule has 2 N–H and O–H groups in total. The van der Waals surface area contributed by atoms with Crippen LogP contribution >= 0.6 is 0 Å². The van der Waals surface area contributed by atoms with Gasteiger partial charge in [0.05, 0.1) is 10.6 Å². The molecule has 1 aliphatic rings. The number of hydrogen-bond donors (Lipinski definition) is 2. The Kier molecular flexibility index (Phi) is 4.31. The topological polar surface area (TPSA) is 101 Å². The van der Waals surface area contributed by atoms with Gasteiger partial charge in [-0.05, 0) is 51.0 Å². The number of aryl methyl sites for hydroxylation is 1. The molecule has 1 aromatic heterocycles. The van der Waals surface area contributed by atoms with Crippen molar-refractivity contribution in [2.24, 2.45) is 5.92 Å². The van der Waals surface area contributed by atoms with Crippen molar-refractivity contribution in [1.29, 1.82) is 0 Å². The van der Waals surface area contributed by atoms with Crippen LogP contribution in [0, 0.1) is 19.8 Å². The first-order valence-corrected chi connectivity index (χ1v) is 9.22. The van der Waals surface area contributed by atoms with Crippen LogP contribution < -0.4 is 10.0 Å². The zero-order valence-electron chi connectivity index (χ0n) is 13.5. The first-order chi connectivity index (χ1) is 11.4. The number of hydrogen-bond acceptors (Lipinski definition) is 5. The van der Waals surface area contributed by atoms with Crippen molar-refractivity contribution in [3.05, 3.63) is 35.5 Å². The van der Waals surface area contributed by atoms with Crippen LogP contribution in [-0.2, 0) is 14.8 Å². The second-order valence-electron chi connectivity index (χ2n) is 5.97. The van der Waals surface area contributed by atoms with E-state index < -0.39 is 10.0 Å². The van der Waals surface area contributed by atoms with Gasteiger partial charge in [0.15, 0.2) is 0 Å². The maximum Gasteiger partial charge on any atom is 0.264 e. The molecule has 24 heavy (non-hydrogen) atoms. The van der Waals surface area contributed by atoms with Gasteiger partial charge in [-0.25, -0.2) is 13.1 Å². The van der Waals surface area contributed by atoms with Gasteiger partial charge in [-0.1, -0.05) is 11.6 Å². The van der Waals surface area contributed by atoms with Gasteiger partial charge in [-0.15, -0.1) is 0 Å². The molecule has 1 fully saturated rings. The van der Waals surface area contributed by atoms with Gasteiger partial charge in [0.25, 0.3) is 10.0 Å². The Labute approximate surface area is 140 Å². The summed E-state index contributed by atoms with van der Waals surface area (Å²) in [5, 5.41) is 6.52. The maximum absolute atomic E-state index is 12.4. The highest BCUT2D eigenvalue weighted by Gasteiger charge is 2.25. The van der Waals surface area contributed by atoms with E-state index in [1.807, 2.05) is 0 Å². The molecule has 3 rings (SSSR count). The summed E-state index contributed by atoms with van der Waals surface area (Å²) in [5.41, 5.74) is 1.85. The third-order valence-corrected chi connectivity index (χ3v) is 5.64. The van der Waals surface area contributed by atoms with E-state index >= 15 is 0 Å². The van der Waals surface area contributed by atoms with Gasteiger partial charge >= 0.3 is 0 Å². The number of nitrogens with one attached hydrogen (secondary N) is 2. The molecule has 8 heteroatoms. The highest BCUT2D eigenvalue weighted by atomic mass is 32.2. The third-order valence-electron chi connectivity index (χ3n) is 4.29. The van der Waals surface area contributed by atoms with Gasteiger partial charge in [0.2, 0.25) is 11.8 Å². The molecule has 1 aliphatic carbocycles. The van der Waals surface area contributed by atoms with Crippen molar-refractivity contribution in [3.63, 3.8) is 0 Å². The number of anilines is 2. The van der Waals surface area contributed by atoms with E-state index in [1.54, 1.807) is 26.0 Å². The zero-order chi connectivity index (χ0) is 17.3. The van der Waals surface area contributed by atoms with E-state index in [0.717, 1.165) is 19.3 Å². The Morgan fingerprint density at radius 2 is 1.88 bits per heavy atom. The minimum Gasteiger partial charge on any atom is -0.337 e. The van der Waals surface area contributed by atoms with E-state index in [9.17, 15) is 13.2 Å². The summed E-state index contributed by atoms with van der Waals surface area (Å²) >= 11 is 0. The Hall–Kier alpha value is -2.35. The van der Waals surface area contributed by atoms with E-state index in [-0.39, 0.29) is 22.6 Å². The lowest BCUT2D eigenvalue weighted by atomic mass is 9.85. The lowest BCUT2D eigenvalue weighted by Crippen LogP contribution is -2.28. The number of rotatable bonds is 5. The number of nitrogens with zero attached hydrogens (tertiary/aromatic N) is 1. The number of aromatic nitrogens is 1. The SMILES string of the molecule is Cc1noc(NS(=O)(=O)c2ccc(NC(=O)C3CCC3)cc2)c1C. The Morgan fingerprint density at radius 1 is 1.21 bits per heavy atom. The van der Waals surface area contributed by atoms with Crippen LogP contribution in [0.4, 0.5) is 11.6 Å². The molecule has 2 aromatic rings. The van der Waals surface area contributed by atoms with E-state index in [1.165, 1.54) is 12.1 Å². The number of carbonyl (C=O) groups is 1. The summed E-state index contributed by atoms with van der Waals surface area (Å²) in [5.74, 6) is 0.172. The predicted molar refractivity (Wildman–Crippen MR) is 89.2 cm³/mol. The zero-order valence-corrected chi connectivity index (χ0v) is 14.3. The van der Waals surface area contributed by atoms with Crippen LogP contribution in [0.3, 0.4) is 0 Å². The van der Waals surface area contributed by atoms with Gasteiger partial charge in [-0.3, -0.25) is 4.79 Å². The first-order valence-electron chi connectivity index (χ1n) is 7.73. The Morgan fingerprint density at radius 3 is 2.38 bits per heavy atom. The minimum absolute atomic E-state index is 0.0113. The monoisotopic (exact) mass is 349 g/mol. The van der Waals surface area contributed by atoms with Crippen molar-refractivity contribution >= 4 is 27.5 Å². The van der Waals surface area contributed by atoms with Gasteiger partial charge < -0.3 is 9.84 Å². The van der Waals surface area contributed by atoms with E-state index in [2.05, 4.69) is 15.2 Å². The average Bonchev–Trinajstić information content (AvgIpc) is 2.77. The summed E-state index contributed by atoms with van der Waals surface area (Å²) in [4.78, 5) is 12.0. The first kappa shape index (κ1) is 16.5. The van der Waals surface area contributed by atoms with Gasteiger partial charge in [-0.2, -0.15) is 0 Å². The summed E-state index contributed by atoms with van der Waals surface area (Å²) in [6.45, 7) is 3.46. The molecule has 1 aromatic carbocycles. The van der Waals surface area contributed by atoms with Crippen molar-refractivity contribution < 1.29 is 17.7 Å². The normalized spacial score (nSPS) is 14.9. The van der Waals surface area contributed by atoms with Crippen LogP contribution in [0.1, 0.15) is 30.5 Å². The van der Waals surface area contributed by atoms with Crippen LogP contribution in [0.15, 0.2) is 33.7 Å². The van der Waals surface area contributed by atoms with Crippen molar-refractivity contribution in [3.8, 4) is 0 Å². The molecule has 7 nitrogen and oxygen atoms in total. The summed E-state index contributed by atoms with van der Waals surface area (Å²) in [6, 6.07) is 6.03. The fraction of sp³-hybridized carbons (Fsp3) is 0.375. The number of benzene rings is 1. The summed E-state index contributed by atoms with van der Waals surface area (Å²) in [7, 11) is -3.77. The third kappa shape index (κ3) is 3.28. The van der Waals surface area contributed by atoms with Crippen LogP contribution in [-0.4, -0.2) is 19.5 Å². The average molecular weight is 349 g/mol. The molecule has 1 amide bonds. The standard InChI is InChI=1S/C16H19N3O4S/c1-10-11(2)18-23-16(10)19-24(21,22)14-8-6-13(7-9-14)17-15(20)12-4-3-5-12/h6-9,12,19H,3-5H2,1-2H3,(H,17,20). The second-order valence-corrected chi connectivity index (χ2v) is 7.65. The predicted octanol–water partition coefficient (Wildman–Crippen LogP) is 2.83. The summed E-state index contributed by atoms with van der Waals surface area (Å²) in [6.07, 6.45) is 2.91. The lowest BCUT2D eigenvalue weighted by molar-refractivity contribution is -0.122. The van der Waals surface area contributed by atoms with Crippen LogP contribution in [0.5, 0.6) is 0 Å². The fourth-order valence-corrected chi connectivity index (χ4v) is 3.37. The second kappa shape index (κ2) is 6.27. The quantitative estimate of drug-likeness (QED) is 0.864. The molecule has 0 unspecified atom stereocenters. The van der Waals surface area contributed by atoms with Crippen molar-refractivity contribution in [2.75, 3.05) is 10.0 Å². The van der Waals surface area contributed by atoms with Crippen molar-refractivity contribution in [1.82, 2.24) is 5.16 Å². The van der Waals surface area contributed by atoms with Crippen molar-refractivity contribution in [2.45, 2.75) is 38.0 Å². The largest absolute Gasteiger partial charge is 0.337 e. The summed E-state index contributed by atoms with van der Waals surface area (Å²) < 4.78 is 32.1. The molecule has 128 valence electrons. The molecule has 0 bridgehead atoms. The number of carbonyl (C=O) groups excluding carboxylic acids is 1. The molecule has 0 radical (unpaired) electrons. The molecule has 1 heterocycles. The minimum atomic E-state index is -3.77. The molecule has 0 spiro atoms. The molecule has 0 aliphatic heterocycles. The lowest BCUT2D eigenvalue weighted by Gasteiger charge is -2.24. The van der Waals surface area contributed by atoms with Crippen LogP contribution in [0.25, 0.3) is 0 Å². The smallest absolute Gasteiger partial charge is 0.264 e. The van der Waals surface area contributed by atoms with Gasteiger partial charge in [0, 0.05) is 17.2 Å². The fourth-order valence-electron chi connectivity index (χ4n) is 2.32. The van der Waals surface area contributed by atoms with Crippen LogP contribution in [0.2, 0.25) is 0 Å². The molecular weight excluding hydrogens is 330 g/mol. The molecule has 0 saturated heterocycles.